The second kappa shape index (κ2) is 7.61. The Morgan fingerprint density at radius 2 is 1.48 bits per heavy atom. The van der Waals surface area contributed by atoms with Crippen LogP contribution < -0.4 is 5.32 Å². The summed E-state index contributed by atoms with van der Waals surface area (Å²) in [6, 6.07) is 6.59. The monoisotopic (exact) mass is 414 g/mol. The van der Waals surface area contributed by atoms with Crippen LogP contribution in [0.15, 0.2) is 24.3 Å². The molecule has 0 aromatic heterocycles. The van der Waals surface area contributed by atoms with E-state index in [2.05, 4.69) is 5.32 Å². The maximum absolute atomic E-state index is 13.7. The number of halogens is 1. The van der Waals surface area contributed by atoms with E-state index in [1.165, 1.54) is 25.7 Å². The maximum atomic E-state index is 13.7. The Morgan fingerprint density at radius 3 is 2.03 bits per heavy atom. The molecule has 1 heterocycles. The molecule has 5 fully saturated rings. The second-order valence-electron chi connectivity index (χ2n) is 10.1. The normalized spacial score (nSPS) is 34.1. The van der Waals surface area contributed by atoms with Gasteiger partial charge in [-0.2, -0.15) is 0 Å². The fourth-order valence-electron chi connectivity index (χ4n) is 7.12. The molecule has 1 atom stereocenters. The minimum absolute atomic E-state index is 0.0502. The van der Waals surface area contributed by atoms with Gasteiger partial charge in [-0.3, -0.25) is 9.59 Å². The number of carbonyl (C=O) groups is 2. The molecule has 2 amide bonds. The van der Waals surface area contributed by atoms with E-state index in [-0.39, 0.29) is 17.2 Å². The fourth-order valence-corrected chi connectivity index (χ4v) is 7.25. The third-order valence-electron chi connectivity index (χ3n) is 7.99. The Morgan fingerprint density at radius 1 is 0.931 bits per heavy atom. The van der Waals surface area contributed by atoms with Crippen molar-refractivity contribution in [3.63, 3.8) is 0 Å². The van der Waals surface area contributed by atoms with Gasteiger partial charge in [0.1, 0.15) is 6.04 Å². The molecule has 0 spiro atoms. The van der Waals surface area contributed by atoms with Crippen molar-refractivity contribution in [2.75, 3.05) is 13.1 Å². The molecule has 5 aliphatic rings. The van der Waals surface area contributed by atoms with Gasteiger partial charge >= 0.3 is 0 Å². The summed E-state index contributed by atoms with van der Waals surface area (Å²) in [5.74, 6) is 2.24. The van der Waals surface area contributed by atoms with Crippen molar-refractivity contribution in [3.05, 3.63) is 34.9 Å². The number of hydrogen-bond acceptors (Lipinski definition) is 2. The van der Waals surface area contributed by atoms with E-state index in [0.29, 0.717) is 10.6 Å². The second-order valence-corrected chi connectivity index (χ2v) is 10.5. The highest BCUT2D eigenvalue weighted by Crippen LogP contribution is 2.61. The van der Waals surface area contributed by atoms with Crippen molar-refractivity contribution >= 4 is 23.4 Å². The van der Waals surface area contributed by atoms with E-state index in [1.54, 1.807) is 24.3 Å². The van der Waals surface area contributed by atoms with Crippen molar-refractivity contribution < 1.29 is 9.59 Å². The maximum Gasteiger partial charge on any atom is 0.251 e. The van der Waals surface area contributed by atoms with Crippen molar-refractivity contribution in [1.82, 2.24) is 10.2 Å². The number of nitrogens with one attached hydrogen (secondary N) is 1. The van der Waals surface area contributed by atoms with Crippen LogP contribution in [0.3, 0.4) is 0 Å². The quantitative estimate of drug-likeness (QED) is 0.778. The molecule has 4 aliphatic carbocycles. The minimum Gasteiger partial charge on any atom is -0.341 e. The highest BCUT2D eigenvalue weighted by molar-refractivity contribution is 6.30. The van der Waals surface area contributed by atoms with Crippen LogP contribution in [0, 0.1) is 23.2 Å². The van der Waals surface area contributed by atoms with Gasteiger partial charge in [-0.05, 0) is 99.8 Å². The Kier molecular flexibility index (Phi) is 5.09. The molecule has 4 saturated carbocycles. The molecule has 1 N–H and O–H groups in total. The third-order valence-corrected chi connectivity index (χ3v) is 8.25. The first kappa shape index (κ1) is 19.4. The summed E-state index contributed by atoms with van der Waals surface area (Å²) in [6.45, 7) is 1.66. The van der Waals surface area contributed by atoms with E-state index in [1.807, 2.05) is 4.90 Å². The fraction of sp³-hybridized carbons (Fsp3) is 0.667. The molecule has 1 unspecified atom stereocenters. The van der Waals surface area contributed by atoms with Crippen LogP contribution in [-0.4, -0.2) is 35.8 Å². The van der Waals surface area contributed by atoms with Crippen LogP contribution in [0.1, 0.15) is 68.1 Å². The summed E-state index contributed by atoms with van der Waals surface area (Å²) in [4.78, 5) is 28.9. The molecule has 0 radical (unpaired) electrons. The van der Waals surface area contributed by atoms with Gasteiger partial charge in [0, 0.05) is 29.1 Å². The molecule has 4 nitrogen and oxygen atoms in total. The Hall–Kier alpha value is -1.55. The molecule has 5 heteroatoms. The van der Waals surface area contributed by atoms with E-state index >= 15 is 0 Å². The van der Waals surface area contributed by atoms with Crippen LogP contribution in [-0.2, 0) is 4.79 Å². The predicted octanol–water partition coefficient (Wildman–Crippen LogP) is 4.67. The van der Waals surface area contributed by atoms with Gasteiger partial charge in [-0.25, -0.2) is 0 Å². The Balaban J connectivity index is 1.43. The molecular weight excluding hydrogens is 384 g/mol. The summed E-state index contributed by atoms with van der Waals surface area (Å²) in [5, 5.41) is 3.85. The number of amides is 2. The zero-order valence-electron chi connectivity index (χ0n) is 17.0. The molecule has 4 bridgehead atoms. The standard InChI is InChI=1S/C24H31ClN2O2/c25-20-6-4-19(5-7-20)22(28)26-21(23(29)27-8-2-1-3-9-27)24-13-16-10-17(14-24)12-18(11-16)15-24/h4-7,16-18,21H,1-3,8-15H2,(H,26,28). The van der Waals surface area contributed by atoms with E-state index in [0.717, 1.165) is 62.9 Å². The van der Waals surface area contributed by atoms with Crippen LogP contribution in [0.4, 0.5) is 0 Å². The van der Waals surface area contributed by atoms with Crippen LogP contribution in [0.2, 0.25) is 5.02 Å². The van der Waals surface area contributed by atoms with Crippen molar-refractivity contribution in [3.8, 4) is 0 Å². The predicted molar refractivity (Wildman–Crippen MR) is 114 cm³/mol. The highest BCUT2D eigenvalue weighted by atomic mass is 35.5. The SMILES string of the molecule is O=C(NC(C(=O)N1CCCCC1)C12CC3CC(CC(C3)C1)C2)c1ccc(Cl)cc1. The van der Waals surface area contributed by atoms with Gasteiger partial charge in [-0.15, -0.1) is 0 Å². The topological polar surface area (TPSA) is 49.4 Å². The van der Waals surface area contributed by atoms with E-state index in [9.17, 15) is 9.59 Å². The third kappa shape index (κ3) is 3.69. The lowest BCUT2D eigenvalue weighted by molar-refractivity contribution is -0.145. The molecule has 1 aromatic rings. The summed E-state index contributed by atoms with van der Waals surface area (Å²) in [5.41, 5.74) is 0.529. The van der Waals surface area contributed by atoms with Gasteiger partial charge in [0.15, 0.2) is 0 Å². The number of piperidine rings is 1. The number of rotatable bonds is 4. The van der Waals surface area contributed by atoms with E-state index in [4.69, 9.17) is 11.6 Å². The number of likely N-dealkylation sites (tertiary alicyclic amines) is 1. The summed E-state index contributed by atoms with van der Waals surface area (Å²) < 4.78 is 0. The molecule has 29 heavy (non-hydrogen) atoms. The lowest BCUT2D eigenvalue weighted by Gasteiger charge is -2.59. The molecular formula is C24H31ClN2O2. The van der Waals surface area contributed by atoms with Crippen LogP contribution >= 0.6 is 11.6 Å². The minimum atomic E-state index is -0.392. The van der Waals surface area contributed by atoms with Crippen molar-refractivity contribution in [1.29, 1.82) is 0 Å². The first-order chi connectivity index (χ1) is 14.0. The summed E-state index contributed by atoms with van der Waals surface area (Å²) in [7, 11) is 0. The molecule has 1 aromatic carbocycles. The lowest BCUT2D eigenvalue weighted by atomic mass is 9.47. The average Bonchev–Trinajstić information content (AvgIpc) is 2.71. The van der Waals surface area contributed by atoms with Crippen LogP contribution in [0.25, 0.3) is 0 Å². The van der Waals surface area contributed by atoms with Gasteiger partial charge < -0.3 is 10.2 Å². The number of benzene rings is 1. The number of hydrogen-bond donors (Lipinski definition) is 1. The van der Waals surface area contributed by atoms with Crippen LogP contribution in [0.5, 0.6) is 0 Å². The zero-order chi connectivity index (χ0) is 20.0. The largest absolute Gasteiger partial charge is 0.341 e. The molecule has 1 saturated heterocycles. The first-order valence-electron chi connectivity index (χ1n) is 11.4. The van der Waals surface area contributed by atoms with E-state index < -0.39 is 6.04 Å². The lowest BCUT2D eigenvalue weighted by Crippen LogP contribution is -2.62. The van der Waals surface area contributed by atoms with Crippen molar-refractivity contribution in [2.24, 2.45) is 23.2 Å². The van der Waals surface area contributed by atoms with Gasteiger partial charge in [0.2, 0.25) is 5.91 Å². The highest BCUT2D eigenvalue weighted by Gasteiger charge is 2.56. The summed E-state index contributed by atoms with van der Waals surface area (Å²) >= 11 is 5.99. The first-order valence-corrected chi connectivity index (χ1v) is 11.8. The molecule has 6 rings (SSSR count). The number of carbonyl (C=O) groups excluding carboxylic acids is 2. The smallest absolute Gasteiger partial charge is 0.251 e. The molecule has 156 valence electrons. The van der Waals surface area contributed by atoms with Gasteiger partial charge in [0.25, 0.3) is 5.91 Å². The average molecular weight is 415 g/mol. The summed E-state index contributed by atoms with van der Waals surface area (Å²) in [6.07, 6.45) is 10.6. The van der Waals surface area contributed by atoms with Crippen molar-refractivity contribution in [2.45, 2.75) is 63.8 Å². The van der Waals surface area contributed by atoms with Gasteiger partial charge in [-0.1, -0.05) is 11.6 Å². The number of nitrogens with zero attached hydrogens (tertiary/aromatic N) is 1. The molecule has 1 aliphatic heterocycles. The zero-order valence-corrected chi connectivity index (χ0v) is 17.8. The Bertz CT molecular complexity index is 749. The van der Waals surface area contributed by atoms with Gasteiger partial charge in [0.05, 0.1) is 0 Å². The Labute approximate surface area is 178 Å².